The molecule has 0 bridgehead atoms. The molecule has 3 aromatic carbocycles. The van der Waals surface area contributed by atoms with Crippen molar-refractivity contribution >= 4 is 68.0 Å². The van der Waals surface area contributed by atoms with Gasteiger partial charge in [0.05, 0.1) is 22.6 Å². The van der Waals surface area contributed by atoms with Gasteiger partial charge >= 0.3 is 0 Å². The Hall–Kier alpha value is -3.58. The summed E-state index contributed by atoms with van der Waals surface area (Å²) >= 11 is 18.7. The van der Waals surface area contributed by atoms with Crippen LogP contribution >= 0.6 is 34.8 Å². The number of nitrogens with zero attached hydrogens (tertiary/aromatic N) is 3. The van der Waals surface area contributed by atoms with Gasteiger partial charge in [0.1, 0.15) is 18.3 Å². The number of benzene rings is 3. The average Bonchev–Trinajstić information content (AvgIpc) is 2.94. The monoisotopic (exact) mass is 698 g/mol. The third-order valence-electron chi connectivity index (χ3n) is 6.68. The van der Waals surface area contributed by atoms with Crippen LogP contribution in [0.3, 0.4) is 0 Å². The summed E-state index contributed by atoms with van der Waals surface area (Å²) in [5.74, 6) is -1.22. The number of hydrogen-bond donors (Lipinski definition) is 1. The lowest BCUT2D eigenvalue weighted by atomic mass is 10.1. The molecule has 0 saturated heterocycles. The van der Waals surface area contributed by atoms with Gasteiger partial charge in [-0.15, -0.1) is 0 Å². The lowest BCUT2D eigenvalue weighted by Gasteiger charge is -2.34. The first-order valence-electron chi connectivity index (χ1n) is 13.5. The maximum atomic E-state index is 14.2. The summed E-state index contributed by atoms with van der Waals surface area (Å²) in [4.78, 5) is 39.2. The van der Waals surface area contributed by atoms with Crippen molar-refractivity contribution in [3.63, 3.8) is 0 Å². The van der Waals surface area contributed by atoms with Gasteiger partial charge in [0.25, 0.3) is 15.7 Å². The van der Waals surface area contributed by atoms with Crippen molar-refractivity contribution in [1.82, 2.24) is 10.2 Å². The van der Waals surface area contributed by atoms with Gasteiger partial charge < -0.3 is 15.0 Å². The van der Waals surface area contributed by atoms with Crippen LogP contribution in [0.4, 0.5) is 11.4 Å². The van der Waals surface area contributed by atoms with Crippen LogP contribution in [-0.2, 0) is 26.2 Å². The van der Waals surface area contributed by atoms with Crippen LogP contribution in [0.15, 0.2) is 59.5 Å². The summed E-state index contributed by atoms with van der Waals surface area (Å²) in [6, 6.07) is 11.2. The van der Waals surface area contributed by atoms with E-state index in [-0.39, 0.29) is 33.6 Å². The summed E-state index contributed by atoms with van der Waals surface area (Å²) in [5, 5.41) is 15.2. The van der Waals surface area contributed by atoms with Crippen LogP contribution in [-0.4, -0.2) is 55.3 Å². The molecule has 0 spiro atoms. The van der Waals surface area contributed by atoms with E-state index >= 15 is 0 Å². The molecule has 1 atom stereocenters. The molecular weight excluding hydrogens is 667 g/mol. The molecule has 2 amide bonds. The molecule has 15 heteroatoms. The number of rotatable bonds is 11. The highest BCUT2D eigenvalue weighted by molar-refractivity contribution is 7.92. The molecular formula is C30H33Cl3N4O7S. The van der Waals surface area contributed by atoms with E-state index in [1.165, 1.54) is 62.3 Å². The van der Waals surface area contributed by atoms with E-state index in [4.69, 9.17) is 39.5 Å². The van der Waals surface area contributed by atoms with Crippen molar-refractivity contribution in [3.05, 3.63) is 90.9 Å². The highest BCUT2D eigenvalue weighted by atomic mass is 35.5. The normalized spacial score (nSPS) is 12.3. The van der Waals surface area contributed by atoms with E-state index in [1.54, 1.807) is 32.9 Å². The zero-order chi connectivity index (χ0) is 33.9. The predicted molar refractivity (Wildman–Crippen MR) is 175 cm³/mol. The first kappa shape index (κ1) is 35.9. The van der Waals surface area contributed by atoms with Crippen LogP contribution in [0.5, 0.6) is 5.75 Å². The molecule has 11 nitrogen and oxygen atoms in total. The van der Waals surface area contributed by atoms with Crippen LogP contribution < -0.4 is 14.4 Å². The van der Waals surface area contributed by atoms with Gasteiger partial charge in [-0.3, -0.25) is 24.0 Å². The second-order valence-electron chi connectivity index (χ2n) is 11.2. The van der Waals surface area contributed by atoms with E-state index in [0.29, 0.717) is 10.6 Å². The van der Waals surface area contributed by atoms with Gasteiger partial charge in [-0.25, -0.2) is 8.42 Å². The average molecular weight is 700 g/mol. The Bertz CT molecular complexity index is 1730. The molecule has 0 unspecified atom stereocenters. The molecule has 0 aromatic heterocycles. The molecule has 0 aliphatic heterocycles. The van der Waals surface area contributed by atoms with Crippen molar-refractivity contribution in [2.24, 2.45) is 0 Å². The maximum absolute atomic E-state index is 14.2. The first-order valence-corrected chi connectivity index (χ1v) is 16.1. The lowest BCUT2D eigenvalue weighted by Crippen LogP contribution is -2.54. The van der Waals surface area contributed by atoms with Gasteiger partial charge in [0, 0.05) is 38.8 Å². The second kappa shape index (κ2) is 14.2. The number of halogens is 3. The van der Waals surface area contributed by atoms with Crippen molar-refractivity contribution < 1.29 is 27.7 Å². The molecule has 0 heterocycles. The van der Waals surface area contributed by atoms with Gasteiger partial charge in [-0.2, -0.15) is 0 Å². The minimum Gasteiger partial charge on any atom is -0.495 e. The highest BCUT2D eigenvalue weighted by Gasteiger charge is 2.35. The van der Waals surface area contributed by atoms with Gasteiger partial charge in [-0.05, 0) is 76.6 Å². The van der Waals surface area contributed by atoms with Crippen LogP contribution in [0, 0.1) is 17.0 Å². The minimum atomic E-state index is -4.67. The van der Waals surface area contributed by atoms with Gasteiger partial charge in [0.2, 0.25) is 11.8 Å². The number of amides is 2. The van der Waals surface area contributed by atoms with Crippen molar-refractivity contribution in [2.45, 2.75) is 57.6 Å². The molecule has 1 N–H and O–H groups in total. The second-order valence-corrected chi connectivity index (χ2v) is 14.3. The highest BCUT2D eigenvalue weighted by Crippen LogP contribution is 2.36. The van der Waals surface area contributed by atoms with E-state index in [2.05, 4.69) is 5.32 Å². The Balaban J connectivity index is 2.19. The van der Waals surface area contributed by atoms with E-state index in [9.17, 15) is 28.1 Å². The summed E-state index contributed by atoms with van der Waals surface area (Å²) in [6.45, 7) is 7.30. The summed E-state index contributed by atoms with van der Waals surface area (Å²) in [5.41, 5.74) is -0.466. The van der Waals surface area contributed by atoms with Gasteiger partial charge in [0.15, 0.2) is 0 Å². The summed E-state index contributed by atoms with van der Waals surface area (Å²) in [6.07, 6.45) is 0. The number of nitro benzene ring substituents is 1. The number of carbonyl (C=O) groups is 2. The topological polar surface area (TPSA) is 139 Å². The number of aryl methyl sites for hydroxylation is 1. The van der Waals surface area contributed by atoms with Crippen molar-refractivity contribution in [1.29, 1.82) is 0 Å². The Morgan fingerprint density at radius 2 is 1.64 bits per heavy atom. The van der Waals surface area contributed by atoms with Crippen LogP contribution in [0.25, 0.3) is 0 Å². The SMILES string of the molecule is COc1ccc(Cl)cc1N(CC(=O)N(Cc1ccc(Cl)cc1Cl)[C@H](C)C(=O)NC(C)(C)C)S(=O)(=O)c1ccc(C)c([N+](=O)[O-])c1. The Morgan fingerprint density at radius 3 is 2.22 bits per heavy atom. The Morgan fingerprint density at radius 1 is 1.02 bits per heavy atom. The molecule has 0 aliphatic carbocycles. The fraction of sp³-hybridized carbons (Fsp3) is 0.333. The molecule has 45 heavy (non-hydrogen) atoms. The van der Waals surface area contributed by atoms with Crippen LogP contribution in [0.2, 0.25) is 15.1 Å². The molecule has 0 radical (unpaired) electrons. The smallest absolute Gasteiger partial charge is 0.273 e. The molecule has 0 fully saturated rings. The fourth-order valence-electron chi connectivity index (χ4n) is 4.34. The largest absolute Gasteiger partial charge is 0.495 e. The minimum absolute atomic E-state index is 0.0585. The maximum Gasteiger partial charge on any atom is 0.273 e. The van der Waals surface area contributed by atoms with E-state index in [0.717, 1.165) is 10.4 Å². The zero-order valence-electron chi connectivity index (χ0n) is 25.4. The molecule has 0 saturated carbocycles. The number of nitro groups is 1. The molecule has 0 aliphatic rings. The number of hydrogen-bond acceptors (Lipinski definition) is 7. The Kier molecular flexibility index (Phi) is 11.4. The summed E-state index contributed by atoms with van der Waals surface area (Å²) in [7, 11) is -3.36. The molecule has 3 aromatic rings. The predicted octanol–water partition coefficient (Wildman–Crippen LogP) is 6.40. The number of sulfonamides is 1. The van der Waals surface area contributed by atoms with Crippen LogP contribution in [0.1, 0.15) is 38.8 Å². The number of methoxy groups -OCH3 is 1. The number of carbonyl (C=O) groups excluding carboxylic acids is 2. The van der Waals surface area contributed by atoms with Crippen molar-refractivity contribution in [2.75, 3.05) is 18.0 Å². The third-order valence-corrected chi connectivity index (χ3v) is 9.25. The Labute approximate surface area is 277 Å². The van der Waals surface area contributed by atoms with E-state index in [1.807, 2.05) is 0 Å². The first-order chi connectivity index (χ1) is 20.8. The lowest BCUT2D eigenvalue weighted by molar-refractivity contribution is -0.385. The zero-order valence-corrected chi connectivity index (χ0v) is 28.5. The third kappa shape index (κ3) is 8.78. The standard InChI is InChI=1S/C30H33Cl3N4O7S/c1-18-7-11-23(15-25(18)37(40)41)45(42,43)36(26-14-22(32)10-12-27(26)44-6)17-28(38)35(19(2)29(39)34-30(3,4)5)16-20-8-9-21(31)13-24(20)33/h7-15,19H,16-17H2,1-6H3,(H,34,39)/t19-/m1/s1. The number of nitrogens with one attached hydrogen (secondary N) is 1. The summed E-state index contributed by atoms with van der Waals surface area (Å²) < 4.78 is 34.6. The van der Waals surface area contributed by atoms with E-state index < -0.39 is 55.5 Å². The molecule has 3 rings (SSSR count). The number of anilines is 1. The van der Waals surface area contributed by atoms with Crippen molar-refractivity contribution in [3.8, 4) is 5.75 Å². The molecule has 242 valence electrons. The quantitative estimate of drug-likeness (QED) is 0.181. The number of ether oxygens (including phenoxy) is 1. The van der Waals surface area contributed by atoms with Gasteiger partial charge in [-0.1, -0.05) is 46.9 Å². The fourth-order valence-corrected chi connectivity index (χ4v) is 6.41.